The van der Waals surface area contributed by atoms with Crippen molar-refractivity contribution in [2.24, 2.45) is 0 Å². The van der Waals surface area contributed by atoms with Crippen LogP contribution in [0.4, 0.5) is 0 Å². The van der Waals surface area contributed by atoms with Crippen molar-refractivity contribution in [1.82, 2.24) is 0 Å². The highest BCUT2D eigenvalue weighted by Crippen LogP contribution is 2.22. The molecule has 0 rings (SSSR count). The van der Waals surface area contributed by atoms with Crippen molar-refractivity contribution in [3.8, 4) is 0 Å². The summed E-state index contributed by atoms with van der Waals surface area (Å²) in [5, 5.41) is 9.66. The molecule has 0 saturated heterocycles. The van der Waals surface area contributed by atoms with Crippen LogP contribution in [0.2, 0.25) is 0 Å². The van der Waals surface area contributed by atoms with Crippen LogP contribution in [-0.2, 0) is 0 Å². The first-order chi connectivity index (χ1) is 4.85. The minimum atomic E-state index is 0.218. The molecule has 0 aliphatic rings. The molecule has 0 spiro atoms. The summed E-state index contributed by atoms with van der Waals surface area (Å²) in [6.07, 6.45) is 7.84. The Balaban J connectivity index is 3.90. The van der Waals surface area contributed by atoms with Crippen molar-refractivity contribution in [2.75, 3.05) is 6.35 Å². The van der Waals surface area contributed by atoms with E-state index < -0.39 is 0 Å². The highest BCUT2D eigenvalue weighted by molar-refractivity contribution is 7.43. The summed E-state index contributed by atoms with van der Waals surface area (Å²) in [6.45, 7) is 5.58. The van der Waals surface area contributed by atoms with Gasteiger partial charge in [-0.15, -0.1) is 0 Å². The molecule has 1 N–H and O–H groups in total. The van der Waals surface area contributed by atoms with Gasteiger partial charge in [-0.25, -0.2) is 0 Å². The number of hydrogen-bond acceptors (Lipinski definition) is 1. The predicted octanol–water partition coefficient (Wildman–Crippen LogP) is 2.26. The summed E-state index contributed by atoms with van der Waals surface area (Å²) in [7, 11) is 0.463. The van der Waals surface area contributed by atoms with Crippen molar-refractivity contribution in [2.45, 2.75) is 6.92 Å². The maximum atomic E-state index is 8.57. The van der Waals surface area contributed by atoms with Crippen LogP contribution in [0.5, 0.6) is 0 Å². The summed E-state index contributed by atoms with van der Waals surface area (Å²) >= 11 is 0. The van der Waals surface area contributed by atoms with E-state index in [1.54, 1.807) is 6.08 Å². The topological polar surface area (TPSA) is 20.2 Å². The van der Waals surface area contributed by atoms with E-state index in [1.807, 2.05) is 25.2 Å². The van der Waals surface area contributed by atoms with Gasteiger partial charge < -0.3 is 5.11 Å². The van der Waals surface area contributed by atoms with E-state index >= 15 is 0 Å². The Morgan fingerprint density at radius 2 is 2.40 bits per heavy atom. The molecule has 0 aliphatic heterocycles. The molecule has 0 aromatic carbocycles. The summed E-state index contributed by atoms with van der Waals surface area (Å²) in [5.41, 5.74) is 0. The first-order valence-electron chi connectivity index (χ1n) is 3.15. The monoisotopic (exact) mass is 156 g/mol. The lowest BCUT2D eigenvalue weighted by molar-refractivity contribution is 0.373. The Bertz CT molecular complexity index is 147. The quantitative estimate of drug-likeness (QED) is 0.489. The van der Waals surface area contributed by atoms with Crippen LogP contribution in [0.25, 0.3) is 0 Å². The number of hydrogen-bond donors (Lipinski definition) is 1. The number of allylic oxidation sites excluding steroid dienone is 5. The average Bonchev–Trinajstić information content (AvgIpc) is 1.98. The highest BCUT2D eigenvalue weighted by atomic mass is 31.1. The zero-order valence-electron chi connectivity index (χ0n) is 6.17. The SMILES string of the molecule is C=C/C(=C\C=C/C)PCO. The Hall–Kier alpha value is -0.390. The molecule has 1 unspecified atom stereocenters. The fraction of sp³-hybridized carbons (Fsp3) is 0.250. The second kappa shape index (κ2) is 6.73. The molecule has 0 aliphatic carbocycles. The molecule has 0 heterocycles. The maximum absolute atomic E-state index is 8.57. The zero-order chi connectivity index (χ0) is 7.82. The molecule has 0 amide bonds. The van der Waals surface area contributed by atoms with Crippen LogP contribution in [0.15, 0.2) is 36.2 Å². The van der Waals surface area contributed by atoms with Crippen molar-refractivity contribution >= 4 is 8.58 Å². The first-order valence-corrected chi connectivity index (χ1v) is 4.36. The van der Waals surface area contributed by atoms with Crippen LogP contribution in [0.1, 0.15) is 6.92 Å². The molecule has 10 heavy (non-hydrogen) atoms. The van der Waals surface area contributed by atoms with Gasteiger partial charge in [0.05, 0.1) is 6.35 Å². The van der Waals surface area contributed by atoms with Crippen molar-refractivity contribution in [3.63, 3.8) is 0 Å². The summed E-state index contributed by atoms with van der Waals surface area (Å²) in [6, 6.07) is 0. The smallest absolute Gasteiger partial charge is 0.0637 e. The zero-order valence-corrected chi connectivity index (χ0v) is 7.17. The molecule has 2 heteroatoms. The lowest BCUT2D eigenvalue weighted by Crippen LogP contribution is -1.69. The van der Waals surface area contributed by atoms with E-state index in [1.165, 1.54) is 0 Å². The third-order valence-corrected chi connectivity index (χ3v) is 1.91. The van der Waals surface area contributed by atoms with Crippen LogP contribution >= 0.6 is 8.58 Å². The maximum Gasteiger partial charge on any atom is 0.0637 e. The van der Waals surface area contributed by atoms with E-state index in [0.29, 0.717) is 8.58 Å². The van der Waals surface area contributed by atoms with Crippen LogP contribution < -0.4 is 0 Å². The van der Waals surface area contributed by atoms with Crippen LogP contribution in [0.3, 0.4) is 0 Å². The van der Waals surface area contributed by atoms with Gasteiger partial charge in [0.15, 0.2) is 0 Å². The molecule has 0 aromatic heterocycles. The third kappa shape index (κ3) is 4.49. The van der Waals surface area contributed by atoms with Gasteiger partial charge in [0.25, 0.3) is 0 Å². The minimum absolute atomic E-state index is 0.218. The molecule has 0 bridgehead atoms. The Labute approximate surface area is 63.9 Å². The molecule has 56 valence electrons. The summed E-state index contributed by atoms with van der Waals surface area (Å²) < 4.78 is 0. The standard InChI is InChI=1S/C8H13OP/c1-3-5-6-8(4-2)10-7-9/h3-6,9-10H,2,7H2,1H3/b5-3-,8-6+. The number of aliphatic hydroxyl groups is 1. The lowest BCUT2D eigenvalue weighted by atomic mass is 10.4. The van der Waals surface area contributed by atoms with E-state index in [2.05, 4.69) is 6.58 Å². The van der Waals surface area contributed by atoms with E-state index in [9.17, 15) is 0 Å². The first kappa shape index (κ1) is 9.61. The molecule has 0 fully saturated rings. The Morgan fingerprint density at radius 3 is 2.80 bits per heavy atom. The molecular formula is C8H13OP. The average molecular weight is 156 g/mol. The normalized spacial score (nSPS) is 13.6. The Morgan fingerprint density at radius 1 is 1.70 bits per heavy atom. The van der Waals surface area contributed by atoms with E-state index in [4.69, 9.17) is 5.11 Å². The highest BCUT2D eigenvalue weighted by Gasteiger charge is 1.85. The second-order valence-corrected chi connectivity index (χ2v) is 2.93. The van der Waals surface area contributed by atoms with Crippen molar-refractivity contribution in [1.29, 1.82) is 0 Å². The van der Waals surface area contributed by atoms with Gasteiger partial charge in [-0.2, -0.15) is 0 Å². The predicted molar refractivity (Wildman–Crippen MR) is 48.5 cm³/mol. The molecule has 0 aromatic rings. The summed E-state index contributed by atoms with van der Waals surface area (Å²) in [4.78, 5) is 0. The molecular weight excluding hydrogens is 143 g/mol. The van der Waals surface area contributed by atoms with Gasteiger partial charge in [0.2, 0.25) is 0 Å². The van der Waals surface area contributed by atoms with Crippen LogP contribution in [0, 0.1) is 0 Å². The van der Waals surface area contributed by atoms with Crippen molar-refractivity contribution < 1.29 is 5.11 Å². The fourth-order valence-electron chi connectivity index (χ4n) is 0.490. The largest absolute Gasteiger partial charge is 0.392 e. The molecule has 1 nitrogen and oxygen atoms in total. The molecule has 0 radical (unpaired) electrons. The number of aliphatic hydroxyl groups excluding tert-OH is 1. The second-order valence-electron chi connectivity index (χ2n) is 1.69. The molecule has 1 atom stereocenters. The van der Waals surface area contributed by atoms with Gasteiger partial charge in [0, 0.05) is 0 Å². The van der Waals surface area contributed by atoms with E-state index in [-0.39, 0.29) is 6.35 Å². The van der Waals surface area contributed by atoms with Crippen LogP contribution in [-0.4, -0.2) is 11.5 Å². The Kier molecular flexibility index (Phi) is 6.46. The van der Waals surface area contributed by atoms with Gasteiger partial charge in [-0.3, -0.25) is 0 Å². The number of rotatable bonds is 4. The fourth-order valence-corrected chi connectivity index (χ4v) is 1.03. The van der Waals surface area contributed by atoms with Gasteiger partial charge in [0.1, 0.15) is 0 Å². The van der Waals surface area contributed by atoms with Crippen molar-refractivity contribution in [3.05, 3.63) is 36.2 Å². The van der Waals surface area contributed by atoms with Gasteiger partial charge in [-0.05, 0) is 12.2 Å². The third-order valence-electron chi connectivity index (χ3n) is 0.971. The molecule has 0 saturated carbocycles. The van der Waals surface area contributed by atoms with Gasteiger partial charge >= 0.3 is 0 Å². The summed E-state index contributed by atoms with van der Waals surface area (Å²) in [5.74, 6) is 0. The lowest BCUT2D eigenvalue weighted by Gasteiger charge is -1.94. The minimum Gasteiger partial charge on any atom is -0.392 e. The van der Waals surface area contributed by atoms with Gasteiger partial charge in [-0.1, -0.05) is 39.5 Å². The van der Waals surface area contributed by atoms with E-state index in [0.717, 1.165) is 5.31 Å².